The quantitative estimate of drug-likeness (QED) is 0.850. The van der Waals surface area contributed by atoms with Crippen LogP contribution in [0.25, 0.3) is 0 Å². The van der Waals surface area contributed by atoms with Crippen molar-refractivity contribution in [3.8, 4) is 0 Å². The molecule has 3 N–H and O–H groups in total. The van der Waals surface area contributed by atoms with Crippen LogP contribution in [0.4, 0.5) is 5.69 Å². The molecular formula is C12H12ClN3OS. The first kappa shape index (κ1) is 12.9. The summed E-state index contributed by atoms with van der Waals surface area (Å²) < 4.78 is 0. The van der Waals surface area contributed by atoms with Crippen LogP contribution in [0.2, 0.25) is 5.02 Å². The number of nitrogen functional groups attached to an aromatic ring is 1. The average molecular weight is 282 g/mol. The Hall–Kier alpha value is -1.59. The van der Waals surface area contributed by atoms with Crippen molar-refractivity contribution in [3.05, 3.63) is 44.9 Å². The first-order valence-corrected chi connectivity index (χ1v) is 6.57. The van der Waals surface area contributed by atoms with Gasteiger partial charge in [0.2, 0.25) is 0 Å². The third kappa shape index (κ3) is 2.80. The van der Waals surface area contributed by atoms with Crippen molar-refractivity contribution >= 4 is 34.5 Å². The first-order chi connectivity index (χ1) is 8.58. The third-order valence-corrected chi connectivity index (χ3v) is 3.55. The molecular weight excluding hydrogens is 270 g/mol. The van der Waals surface area contributed by atoms with Crippen molar-refractivity contribution in [2.75, 3.05) is 5.73 Å². The van der Waals surface area contributed by atoms with Gasteiger partial charge in [0.15, 0.2) is 0 Å². The number of hydrogen-bond donors (Lipinski definition) is 2. The van der Waals surface area contributed by atoms with Crippen molar-refractivity contribution in [2.24, 2.45) is 0 Å². The van der Waals surface area contributed by atoms with Crippen LogP contribution in [-0.4, -0.2) is 10.9 Å². The number of rotatable bonds is 3. The fourth-order valence-corrected chi connectivity index (χ4v) is 2.28. The number of carbonyl (C=O) groups excluding carboxylic acids is 1. The Labute approximate surface area is 114 Å². The minimum atomic E-state index is -0.249. The Balaban J connectivity index is 2.06. The van der Waals surface area contributed by atoms with Crippen molar-refractivity contribution < 1.29 is 4.79 Å². The van der Waals surface area contributed by atoms with Gasteiger partial charge in [0.05, 0.1) is 33.5 Å². The summed E-state index contributed by atoms with van der Waals surface area (Å²) in [6, 6.07) is 4.99. The number of anilines is 1. The molecule has 0 atom stereocenters. The number of hydrogen-bond acceptors (Lipinski definition) is 4. The third-order valence-electron chi connectivity index (χ3n) is 2.39. The van der Waals surface area contributed by atoms with Gasteiger partial charge < -0.3 is 11.1 Å². The monoisotopic (exact) mass is 281 g/mol. The summed E-state index contributed by atoms with van der Waals surface area (Å²) in [5.41, 5.74) is 7.27. The van der Waals surface area contributed by atoms with E-state index < -0.39 is 0 Å². The van der Waals surface area contributed by atoms with Crippen molar-refractivity contribution in [1.82, 2.24) is 10.3 Å². The number of nitrogens with two attached hydrogens (primary N) is 1. The molecule has 1 heterocycles. The number of aromatic nitrogens is 1. The lowest BCUT2D eigenvalue weighted by Gasteiger charge is -2.07. The highest BCUT2D eigenvalue weighted by molar-refractivity contribution is 7.09. The van der Waals surface area contributed by atoms with E-state index in [1.54, 1.807) is 29.5 Å². The van der Waals surface area contributed by atoms with E-state index in [0.717, 1.165) is 10.7 Å². The summed E-state index contributed by atoms with van der Waals surface area (Å²) in [6.07, 6.45) is 0. The van der Waals surface area contributed by atoms with Gasteiger partial charge in [-0.15, -0.1) is 11.3 Å². The molecule has 2 rings (SSSR count). The Bertz CT molecular complexity index is 582. The van der Waals surface area contributed by atoms with E-state index in [4.69, 9.17) is 17.3 Å². The maximum Gasteiger partial charge on any atom is 0.253 e. The molecule has 0 radical (unpaired) electrons. The molecule has 2 aromatic rings. The lowest BCUT2D eigenvalue weighted by atomic mass is 10.1. The van der Waals surface area contributed by atoms with E-state index in [2.05, 4.69) is 10.3 Å². The lowest BCUT2D eigenvalue weighted by Crippen LogP contribution is -2.24. The van der Waals surface area contributed by atoms with E-state index in [9.17, 15) is 4.79 Å². The van der Waals surface area contributed by atoms with Crippen LogP contribution < -0.4 is 11.1 Å². The fraction of sp³-hybridized carbons (Fsp3) is 0.167. The summed E-state index contributed by atoms with van der Waals surface area (Å²) in [5.74, 6) is -0.249. The predicted molar refractivity (Wildman–Crippen MR) is 73.9 cm³/mol. The van der Waals surface area contributed by atoms with Gasteiger partial charge >= 0.3 is 0 Å². The second-order valence-electron chi connectivity index (χ2n) is 3.74. The number of nitrogens with zero attached hydrogens (tertiary/aromatic N) is 1. The Kier molecular flexibility index (Phi) is 3.84. The van der Waals surface area contributed by atoms with Crippen LogP contribution in [0, 0.1) is 6.92 Å². The largest absolute Gasteiger partial charge is 0.397 e. The molecule has 1 aromatic heterocycles. The second-order valence-corrected chi connectivity index (χ2v) is 5.21. The molecule has 0 fully saturated rings. The van der Waals surface area contributed by atoms with Crippen molar-refractivity contribution in [3.63, 3.8) is 0 Å². The van der Waals surface area contributed by atoms with Gasteiger partial charge in [-0.1, -0.05) is 17.7 Å². The Morgan fingerprint density at radius 2 is 2.33 bits per heavy atom. The zero-order chi connectivity index (χ0) is 13.1. The van der Waals surface area contributed by atoms with Crippen molar-refractivity contribution in [2.45, 2.75) is 13.5 Å². The van der Waals surface area contributed by atoms with Gasteiger partial charge in [-0.2, -0.15) is 0 Å². The van der Waals surface area contributed by atoms with Crippen LogP contribution in [-0.2, 0) is 6.54 Å². The molecule has 6 heteroatoms. The van der Waals surface area contributed by atoms with Gasteiger partial charge in [0, 0.05) is 5.38 Å². The second kappa shape index (κ2) is 5.37. The predicted octanol–water partition coefficient (Wildman–Crippen LogP) is 2.62. The standard InChI is InChI=1S/C12H12ClN3OS/c1-7-16-8(6-18-7)5-15-12(17)9-3-2-4-10(13)11(9)14/h2-4,6H,5,14H2,1H3,(H,15,17). The molecule has 0 saturated heterocycles. The minimum Gasteiger partial charge on any atom is -0.397 e. The van der Waals surface area contributed by atoms with Crippen LogP contribution in [0.15, 0.2) is 23.6 Å². The molecule has 0 bridgehead atoms. The summed E-state index contributed by atoms with van der Waals surface area (Å²) in [6.45, 7) is 2.31. The first-order valence-electron chi connectivity index (χ1n) is 5.31. The van der Waals surface area contributed by atoms with E-state index in [1.807, 2.05) is 12.3 Å². The average Bonchev–Trinajstić information content (AvgIpc) is 2.76. The zero-order valence-corrected chi connectivity index (χ0v) is 11.3. The van der Waals surface area contributed by atoms with E-state index >= 15 is 0 Å². The maximum absolute atomic E-state index is 11.9. The number of aryl methyl sites for hydroxylation is 1. The maximum atomic E-state index is 11.9. The normalized spacial score (nSPS) is 10.3. The Morgan fingerprint density at radius 1 is 1.56 bits per heavy atom. The number of thiazole rings is 1. The number of benzene rings is 1. The van der Waals surface area contributed by atoms with Crippen LogP contribution in [0.5, 0.6) is 0 Å². The van der Waals surface area contributed by atoms with Gasteiger partial charge in [0.1, 0.15) is 0 Å². The topological polar surface area (TPSA) is 68.0 Å². The number of nitrogens with one attached hydrogen (secondary N) is 1. The summed E-state index contributed by atoms with van der Waals surface area (Å²) in [4.78, 5) is 16.2. The highest BCUT2D eigenvalue weighted by atomic mass is 35.5. The Morgan fingerprint density at radius 3 is 3.00 bits per heavy atom. The SMILES string of the molecule is Cc1nc(CNC(=O)c2cccc(Cl)c2N)cs1. The molecule has 1 aromatic carbocycles. The minimum absolute atomic E-state index is 0.249. The zero-order valence-electron chi connectivity index (χ0n) is 9.74. The van der Waals surface area contributed by atoms with Gasteiger partial charge in [-0.3, -0.25) is 4.79 Å². The number of carbonyl (C=O) groups is 1. The van der Waals surface area contributed by atoms with E-state index in [1.165, 1.54) is 0 Å². The van der Waals surface area contributed by atoms with Crippen LogP contribution >= 0.6 is 22.9 Å². The highest BCUT2D eigenvalue weighted by Crippen LogP contribution is 2.22. The van der Waals surface area contributed by atoms with Crippen LogP contribution in [0.1, 0.15) is 21.1 Å². The molecule has 0 spiro atoms. The summed E-state index contributed by atoms with van der Waals surface area (Å²) >= 11 is 7.41. The molecule has 0 unspecified atom stereocenters. The fourth-order valence-electron chi connectivity index (χ4n) is 1.49. The van der Waals surface area contributed by atoms with E-state index in [-0.39, 0.29) is 5.91 Å². The van der Waals surface area contributed by atoms with E-state index in [0.29, 0.717) is 22.8 Å². The molecule has 18 heavy (non-hydrogen) atoms. The van der Waals surface area contributed by atoms with Gasteiger partial charge in [-0.25, -0.2) is 4.98 Å². The van der Waals surface area contributed by atoms with Gasteiger partial charge in [-0.05, 0) is 19.1 Å². The highest BCUT2D eigenvalue weighted by Gasteiger charge is 2.11. The molecule has 1 amide bonds. The van der Waals surface area contributed by atoms with Crippen molar-refractivity contribution in [1.29, 1.82) is 0 Å². The summed E-state index contributed by atoms with van der Waals surface area (Å²) in [5, 5.41) is 6.03. The molecule has 0 aliphatic heterocycles. The molecule has 0 aliphatic carbocycles. The lowest BCUT2D eigenvalue weighted by molar-refractivity contribution is 0.0951. The van der Waals surface area contributed by atoms with Gasteiger partial charge in [0.25, 0.3) is 5.91 Å². The molecule has 94 valence electrons. The number of para-hydroxylation sites is 1. The molecule has 4 nitrogen and oxygen atoms in total. The van der Waals surface area contributed by atoms with Crippen LogP contribution in [0.3, 0.4) is 0 Å². The number of amides is 1. The molecule has 0 aliphatic rings. The number of halogens is 1. The molecule has 0 saturated carbocycles. The smallest absolute Gasteiger partial charge is 0.253 e. The summed E-state index contributed by atoms with van der Waals surface area (Å²) in [7, 11) is 0.